The molecule has 3 amide bonds. The number of carbonyl (C=O) groups excluding carboxylic acids is 3. The number of benzene rings is 1. The fourth-order valence-electron chi connectivity index (χ4n) is 5.95. The van der Waals surface area contributed by atoms with Crippen molar-refractivity contribution in [3.8, 4) is 24.7 Å². The second-order valence-electron chi connectivity index (χ2n) is 12.2. The molecule has 0 aliphatic heterocycles. The molecule has 0 bridgehead atoms. The van der Waals surface area contributed by atoms with Gasteiger partial charge in [-0.2, -0.15) is 0 Å². The van der Waals surface area contributed by atoms with Crippen LogP contribution >= 0.6 is 0 Å². The van der Waals surface area contributed by atoms with E-state index in [0.717, 1.165) is 57.3 Å². The molecule has 0 spiro atoms. The summed E-state index contributed by atoms with van der Waals surface area (Å²) in [7, 11) is 1.74. The fourth-order valence-corrected chi connectivity index (χ4v) is 5.95. The van der Waals surface area contributed by atoms with Crippen LogP contribution in [0.4, 0.5) is 0 Å². The summed E-state index contributed by atoms with van der Waals surface area (Å²) in [6.45, 7) is 7.20. The number of amides is 3. The van der Waals surface area contributed by atoms with Crippen molar-refractivity contribution in [1.29, 1.82) is 0 Å². The van der Waals surface area contributed by atoms with Crippen LogP contribution in [0.15, 0.2) is 30.3 Å². The molecule has 3 unspecified atom stereocenters. The first kappa shape index (κ1) is 37.8. The van der Waals surface area contributed by atoms with E-state index in [1.807, 2.05) is 30.3 Å². The highest BCUT2D eigenvalue weighted by Crippen LogP contribution is 2.28. The third kappa shape index (κ3) is 13.3. The Balaban J connectivity index is 2.20. The monoisotopic (exact) mass is 622 g/mol. The molecule has 5 atom stereocenters. The van der Waals surface area contributed by atoms with Crippen LogP contribution in [0, 0.1) is 36.5 Å². The van der Waals surface area contributed by atoms with Gasteiger partial charge in [0.05, 0.1) is 18.1 Å². The van der Waals surface area contributed by atoms with Gasteiger partial charge in [0.2, 0.25) is 17.7 Å². The molecule has 45 heavy (non-hydrogen) atoms. The maximum Gasteiger partial charge on any atom is 0.243 e. The van der Waals surface area contributed by atoms with Crippen LogP contribution in [-0.2, 0) is 20.8 Å². The van der Waals surface area contributed by atoms with E-state index in [1.54, 1.807) is 11.9 Å². The minimum atomic E-state index is -1.27. The van der Waals surface area contributed by atoms with Crippen molar-refractivity contribution in [3.63, 3.8) is 0 Å². The van der Waals surface area contributed by atoms with Gasteiger partial charge in [-0.3, -0.25) is 14.4 Å². The zero-order valence-electron chi connectivity index (χ0n) is 27.4. The average Bonchev–Trinajstić information content (AvgIpc) is 3.04. The molecular formula is C36H54N4O5. The maximum absolute atomic E-state index is 13.7. The van der Waals surface area contributed by atoms with Crippen molar-refractivity contribution in [1.82, 2.24) is 20.4 Å². The molecule has 1 fully saturated rings. The number of rotatable bonds is 19. The molecule has 0 radical (unpaired) electrons. The normalized spacial score (nSPS) is 16.8. The first-order chi connectivity index (χ1) is 21.6. The van der Waals surface area contributed by atoms with Gasteiger partial charge in [0.1, 0.15) is 12.1 Å². The number of hydrogen-bond donors (Lipinski definition) is 4. The summed E-state index contributed by atoms with van der Waals surface area (Å²) < 4.78 is 0. The standard InChI is InChI=1S/C36H54N4O5/c1-6-16-30(36(45)38-31(34(43)32(41)17-7-2)25-28-20-14-11-15-21-28)37-35(44)29(24-27-18-12-10-13-19-27)26-33(42)39(5)22-23-40(8-3)9-4/h1-2,10,12-13,18-19,28-32,34,41,43H,8-9,11,14-17,20-26H2,3-5H3,(H,37,44)(H,38,45)/t29?,30-,31?,32?,34+/m0/s1. The molecular weight excluding hydrogens is 568 g/mol. The molecule has 1 aliphatic rings. The summed E-state index contributed by atoms with van der Waals surface area (Å²) in [6.07, 6.45) is 14.4. The van der Waals surface area contributed by atoms with E-state index in [2.05, 4.69) is 41.2 Å². The summed E-state index contributed by atoms with van der Waals surface area (Å²) in [4.78, 5) is 44.5. The molecule has 0 aromatic heterocycles. The van der Waals surface area contributed by atoms with Crippen LogP contribution in [0.2, 0.25) is 0 Å². The number of hydrogen-bond acceptors (Lipinski definition) is 6. The van der Waals surface area contributed by atoms with Gasteiger partial charge in [-0.05, 0) is 37.4 Å². The minimum absolute atomic E-state index is 0.0266. The third-order valence-corrected chi connectivity index (χ3v) is 8.92. The van der Waals surface area contributed by atoms with E-state index in [0.29, 0.717) is 19.4 Å². The lowest BCUT2D eigenvalue weighted by atomic mass is 9.82. The molecule has 9 nitrogen and oxygen atoms in total. The molecule has 0 saturated heterocycles. The number of aliphatic hydroxyl groups excluding tert-OH is 2. The summed E-state index contributed by atoms with van der Waals surface area (Å²) in [5.74, 6) is 3.24. The molecule has 1 aromatic carbocycles. The largest absolute Gasteiger partial charge is 0.389 e. The average molecular weight is 623 g/mol. The predicted octanol–water partition coefficient (Wildman–Crippen LogP) is 2.74. The van der Waals surface area contributed by atoms with Crippen molar-refractivity contribution < 1.29 is 24.6 Å². The third-order valence-electron chi connectivity index (χ3n) is 8.92. The van der Waals surface area contributed by atoms with Crippen LogP contribution < -0.4 is 10.6 Å². The Hall–Kier alpha value is -3.37. The lowest BCUT2D eigenvalue weighted by Gasteiger charge is -2.33. The van der Waals surface area contributed by atoms with Crippen molar-refractivity contribution in [2.45, 2.75) is 102 Å². The van der Waals surface area contributed by atoms with Crippen molar-refractivity contribution in [2.24, 2.45) is 11.8 Å². The van der Waals surface area contributed by atoms with Crippen molar-refractivity contribution in [2.75, 3.05) is 33.2 Å². The van der Waals surface area contributed by atoms with Crippen molar-refractivity contribution >= 4 is 17.7 Å². The molecule has 248 valence electrons. The zero-order valence-corrected chi connectivity index (χ0v) is 27.4. The van der Waals surface area contributed by atoms with E-state index in [9.17, 15) is 24.6 Å². The van der Waals surface area contributed by atoms with E-state index >= 15 is 0 Å². The van der Waals surface area contributed by atoms with E-state index in [4.69, 9.17) is 12.8 Å². The predicted molar refractivity (Wildman–Crippen MR) is 178 cm³/mol. The Kier molecular flexibility index (Phi) is 17.3. The van der Waals surface area contributed by atoms with E-state index < -0.39 is 42.0 Å². The molecule has 9 heteroatoms. The van der Waals surface area contributed by atoms with Gasteiger partial charge in [-0.25, -0.2) is 0 Å². The zero-order chi connectivity index (χ0) is 33.2. The highest BCUT2D eigenvalue weighted by atomic mass is 16.3. The first-order valence-electron chi connectivity index (χ1n) is 16.5. The van der Waals surface area contributed by atoms with Crippen LogP contribution in [0.3, 0.4) is 0 Å². The molecule has 2 rings (SSSR count). The smallest absolute Gasteiger partial charge is 0.243 e. The lowest BCUT2D eigenvalue weighted by Crippen LogP contribution is -2.55. The van der Waals surface area contributed by atoms with Gasteiger partial charge in [0, 0.05) is 39.4 Å². The Labute approximate surface area is 270 Å². The maximum atomic E-state index is 13.7. The Bertz CT molecular complexity index is 1120. The van der Waals surface area contributed by atoms with E-state index in [1.165, 1.54) is 0 Å². The van der Waals surface area contributed by atoms with Gasteiger partial charge in [-0.15, -0.1) is 24.7 Å². The number of carbonyl (C=O) groups is 3. The van der Waals surface area contributed by atoms with Gasteiger partial charge in [0.15, 0.2) is 0 Å². The van der Waals surface area contributed by atoms with Gasteiger partial charge < -0.3 is 30.6 Å². The summed E-state index contributed by atoms with van der Waals surface area (Å²) >= 11 is 0. The van der Waals surface area contributed by atoms with E-state index in [-0.39, 0.29) is 31.1 Å². The van der Waals surface area contributed by atoms with Crippen LogP contribution in [0.5, 0.6) is 0 Å². The highest BCUT2D eigenvalue weighted by molar-refractivity contribution is 5.91. The van der Waals surface area contributed by atoms with Crippen LogP contribution in [0.25, 0.3) is 0 Å². The molecule has 0 heterocycles. The summed E-state index contributed by atoms with van der Waals surface area (Å²) in [5.41, 5.74) is 0.896. The Morgan fingerprint density at radius 2 is 1.58 bits per heavy atom. The summed E-state index contributed by atoms with van der Waals surface area (Å²) in [5, 5.41) is 27.1. The van der Waals surface area contributed by atoms with Gasteiger partial charge in [0.25, 0.3) is 0 Å². The number of aliphatic hydroxyl groups is 2. The molecule has 1 saturated carbocycles. The number of terminal acetylenes is 2. The van der Waals surface area contributed by atoms with Crippen LogP contribution in [-0.4, -0.2) is 95.3 Å². The number of nitrogens with one attached hydrogen (secondary N) is 2. The highest BCUT2D eigenvalue weighted by Gasteiger charge is 2.33. The lowest BCUT2D eigenvalue weighted by molar-refractivity contribution is -0.137. The fraction of sp³-hybridized carbons (Fsp3) is 0.639. The molecule has 1 aromatic rings. The second kappa shape index (κ2) is 20.6. The minimum Gasteiger partial charge on any atom is -0.389 e. The number of nitrogens with zero attached hydrogens (tertiary/aromatic N) is 2. The molecule has 1 aliphatic carbocycles. The second-order valence-corrected chi connectivity index (χ2v) is 12.2. The Morgan fingerprint density at radius 1 is 0.933 bits per heavy atom. The topological polar surface area (TPSA) is 122 Å². The van der Waals surface area contributed by atoms with Crippen molar-refractivity contribution in [3.05, 3.63) is 35.9 Å². The first-order valence-corrected chi connectivity index (χ1v) is 16.5. The van der Waals surface area contributed by atoms with Gasteiger partial charge >= 0.3 is 0 Å². The Morgan fingerprint density at radius 3 is 2.18 bits per heavy atom. The molecule has 4 N–H and O–H groups in total. The SMILES string of the molecule is C#CCC(O)[C@H](O)C(CC1CCCCC1)NC(=O)[C@H](CC#C)NC(=O)C(CC(=O)N(C)CCN(CC)CC)Cc1ccccc1. The van der Waals surface area contributed by atoms with Crippen LogP contribution in [0.1, 0.15) is 77.2 Å². The van der Waals surface area contributed by atoms with Gasteiger partial charge in [-0.1, -0.05) is 76.3 Å². The number of likely N-dealkylation sites (N-methyl/N-ethyl adjacent to an activating group) is 2. The quantitative estimate of drug-likeness (QED) is 0.176. The summed E-state index contributed by atoms with van der Waals surface area (Å²) in [6, 6.07) is 7.60.